The molecule has 172 valence electrons. The zero-order valence-electron chi connectivity index (χ0n) is 18.8. The number of hydrogen-bond acceptors (Lipinski definition) is 6. The van der Waals surface area contributed by atoms with Crippen LogP contribution < -0.4 is 40.1 Å². The van der Waals surface area contributed by atoms with Crippen LogP contribution in [0.25, 0.3) is 11.1 Å². The summed E-state index contributed by atoms with van der Waals surface area (Å²) in [5.74, 6) is -2.19. The van der Waals surface area contributed by atoms with Gasteiger partial charge in [-0.3, -0.25) is 4.98 Å². The largest absolute Gasteiger partial charge is 1.00 e. The van der Waals surface area contributed by atoms with Gasteiger partial charge >= 0.3 is 42.6 Å². The summed E-state index contributed by atoms with van der Waals surface area (Å²) in [5, 5.41) is 36.3. The molecule has 0 spiro atoms. The van der Waals surface area contributed by atoms with Crippen molar-refractivity contribution in [1.29, 1.82) is 0 Å². The van der Waals surface area contributed by atoms with E-state index in [1.165, 1.54) is 36.4 Å². The average Bonchev–Trinajstić information content (AvgIpc) is 2.86. The number of carbonyl (C=O) groups excluding carboxylic acids is 1. The minimum atomic E-state index is -1.55. The first-order valence-corrected chi connectivity index (χ1v) is 10.7. The first-order valence-electron chi connectivity index (χ1n) is 9.89. The van der Waals surface area contributed by atoms with Crippen molar-refractivity contribution in [1.82, 2.24) is 4.98 Å². The van der Waals surface area contributed by atoms with Crippen molar-refractivity contribution in [3.05, 3.63) is 119 Å². The topological polar surface area (TPSA) is 131 Å². The molecule has 10 heteroatoms. The summed E-state index contributed by atoms with van der Waals surface area (Å²) in [6, 6.07) is 25.6. The van der Waals surface area contributed by atoms with E-state index in [0.717, 1.165) is 15.6 Å². The van der Waals surface area contributed by atoms with Gasteiger partial charge in [-0.25, -0.2) is 4.79 Å². The number of halogens is 1. The Hall–Kier alpha value is -2.79. The Labute approximate surface area is 233 Å². The molecule has 0 radical (unpaired) electrons. The molecule has 0 aliphatic heterocycles. The van der Waals surface area contributed by atoms with Crippen LogP contribution in [0.3, 0.4) is 0 Å². The second-order valence-corrected chi connectivity index (χ2v) is 7.61. The number of benzene rings is 3. The van der Waals surface area contributed by atoms with E-state index in [1.807, 2.05) is 42.5 Å². The van der Waals surface area contributed by atoms with Gasteiger partial charge < -0.3 is 25.1 Å². The molecule has 0 aliphatic carbocycles. The molecule has 0 fully saturated rings. The van der Waals surface area contributed by atoms with Crippen LogP contribution in [-0.2, 0) is 0 Å². The van der Waals surface area contributed by atoms with E-state index in [4.69, 9.17) is 15.2 Å². The molecule has 0 atom stereocenters. The van der Waals surface area contributed by atoms with Crippen LogP contribution in [0, 0.1) is 0 Å². The number of aromatic carboxylic acids is 2. The van der Waals surface area contributed by atoms with Crippen molar-refractivity contribution in [2.24, 2.45) is 0 Å². The molecular weight excluding hydrogens is 524 g/mol. The predicted molar refractivity (Wildman–Crippen MR) is 131 cm³/mol. The molecule has 0 saturated heterocycles. The standard InChI is InChI=1S/C12H9NO2.C7H7BO4.C6H5Br.Na/c14-12(15)11-3-1-9(2-4-11)10-5-7-13-8-6-10;9-7(10)5-1-3-6(4-2-5)8(11)12;7-6-4-2-1-3-5-6;/h1-8H,(H,14,15);1-4,11-12H,(H,9,10);1-5H;/q;;;+1/p-1. The van der Waals surface area contributed by atoms with Crippen LogP contribution >= 0.6 is 15.9 Å². The van der Waals surface area contributed by atoms with Crippen LogP contribution in [0.5, 0.6) is 0 Å². The van der Waals surface area contributed by atoms with Crippen molar-refractivity contribution < 1.29 is 59.4 Å². The third kappa shape index (κ3) is 11.0. The Morgan fingerprint density at radius 1 is 0.743 bits per heavy atom. The predicted octanol–water partition coefficient (Wildman–Crippen LogP) is -0.370. The number of nitrogens with zero attached hydrogens (tertiary/aromatic N) is 1. The van der Waals surface area contributed by atoms with E-state index in [1.54, 1.807) is 24.5 Å². The molecule has 3 aromatic carbocycles. The molecular formula is C25H20BBrNNaO6. The zero-order valence-corrected chi connectivity index (χ0v) is 22.4. The molecule has 35 heavy (non-hydrogen) atoms. The van der Waals surface area contributed by atoms with E-state index in [-0.39, 0.29) is 46.1 Å². The summed E-state index contributed by atoms with van der Waals surface area (Å²) in [5.41, 5.74) is 2.56. The maximum atomic E-state index is 10.5. The fourth-order valence-electron chi connectivity index (χ4n) is 2.56. The number of carboxylic acids is 2. The Kier molecular flexibility index (Phi) is 13.8. The molecule has 1 aromatic heterocycles. The molecule has 4 aromatic rings. The second kappa shape index (κ2) is 16.0. The fraction of sp³-hybridized carbons (Fsp3) is 0. The van der Waals surface area contributed by atoms with E-state index in [9.17, 15) is 14.7 Å². The Morgan fingerprint density at radius 2 is 1.23 bits per heavy atom. The van der Waals surface area contributed by atoms with Crippen LogP contribution in [-0.4, -0.2) is 39.2 Å². The van der Waals surface area contributed by atoms with E-state index in [2.05, 4.69) is 20.9 Å². The van der Waals surface area contributed by atoms with Gasteiger partial charge in [-0.2, -0.15) is 0 Å². The van der Waals surface area contributed by atoms with Gasteiger partial charge in [0.25, 0.3) is 0 Å². The van der Waals surface area contributed by atoms with Crippen LogP contribution in [0.15, 0.2) is 108 Å². The van der Waals surface area contributed by atoms with E-state index >= 15 is 0 Å². The number of carboxylic acid groups (broad SMARTS) is 2. The Morgan fingerprint density at radius 3 is 1.63 bits per heavy atom. The SMILES string of the molecule is Brc1ccccc1.O=C(O)c1ccc(B(O)O)cc1.O=C([O-])c1ccc(-c2ccncc2)cc1.[Na+]. The molecule has 0 saturated carbocycles. The molecule has 1 heterocycles. The van der Waals surface area contributed by atoms with Crippen LogP contribution in [0.1, 0.15) is 20.7 Å². The molecule has 0 unspecified atom stereocenters. The minimum Gasteiger partial charge on any atom is -0.545 e. The van der Waals surface area contributed by atoms with E-state index < -0.39 is 19.1 Å². The third-order valence-electron chi connectivity index (χ3n) is 4.32. The van der Waals surface area contributed by atoms with Gasteiger partial charge in [0.15, 0.2) is 0 Å². The maximum absolute atomic E-state index is 10.5. The van der Waals surface area contributed by atoms with Crippen molar-refractivity contribution >= 4 is 40.4 Å². The number of pyridine rings is 1. The van der Waals surface area contributed by atoms with Gasteiger partial charge in [0.2, 0.25) is 0 Å². The van der Waals surface area contributed by atoms with Gasteiger partial charge in [-0.15, -0.1) is 0 Å². The molecule has 0 aliphatic rings. The zero-order chi connectivity index (χ0) is 24.9. The number of hydrogen-bond donors (Lipinski definition) is 3. The van der Waals surface area contributed by atoms with Crippen LogP contribution in [0.4, 0.5) is 0 Å². The summed E-state index contributed by atoms with van der Waals surface area (Å²) >= 11 is 3.31. The molecule has 7 nitrogen and oxygen atoms in total. The summed E-state index contributed by atoms with van der Waals surface area (Å²) in [7, 11) is -1.55. The normalized spacial score (nSPS) is 9.23. The Bertz CT molecular complexity index is 1180. The summed E-state index contributed by atoms with van der Waals surface area (Å²) in [6.07, 6.45) is 3.39. The van der Waals surface area contributed by atoms with E-state index in [0.29, 0.717) is 0 Å². The van der Waals surface area contributed by atoms with Gasteiger partial charge in [0.05, 0.1) is 11.5 Å². The first kappa shape index (κ1) is 30.2. The fourth-order valence-corrected chi connectivity index (χ4v) is 2.86. The number of aromatic nitrogens is 1. The molecule has 0 amide bonds. The smallest absolute Gasteiger partial charge is 0.545 e. The molecule has 3 N–H and O–H groups in total. The van der Waals surface area contributed by atoms with Crippen LogP contribution in [0.2, 0.25) is 0 Å². The summed E-state index contributed by atoms with van der Waals surface area (Å²) in [6.45, 7) is 0. The number of carbonyl (C=O) groups is 2. The monoisotopic (exact) mass is 543 g/mol. The van der Waals surface area contributed by atoms with Gasteiger partial charge in [-0.05, 0) is 58.6 Å². The maximum Gasteiger partial charge on any atom is 1.00 e. The second-order valence-electron chi connectivity index (χ2n) is 6.70. The van der Waals surface area contributed by atoms with Crippen molar-refractivity contribution in [2.45, 2.75) is 0 Å². The third-order valence-corrected chi connectivity index (χ3v) is 4.85. The minimum absolute atomic E-state index is 0. The molecule has 4 rings (SSSR count). The Balaban J connectivity index is 0.000000275. The average molecular weight is 544 g/mol. The first-order chi connectivity index (χ1) is 16.3. The quantitative estimate of drug-likeness (QED) is 0.299. The van der Waals surface area contributed by atoms with Crippen molar-refractivity contribution in [3.63, 3.8) is 0 Å². The van der Waals surface area contributed by atoms with Crippen molar-refractivity contribution in [2.75, 3.05) is 0 Å². The molecule has 0 bridgehead atoms. The van der Waals surface area contributed by atoms with Gasteiger partial charge in [0, 0.05) is 16.9 Å². The number of rotatable bonds is 4. The van der Waals surface area contributed by atoms with Gasteiger partial charge in [-0.1, -0.05) is 70.5 Å². The summed E-state index contributed by atoms with van der Waals surface area (Å²) in [4.78, 5) is 24.8. The summed E-state index contributed by atoms with van der Waals surface area (Å²) < 4.78 is 1.13. The van der Waals surface area contributed by atoms with Crippen molar-refractivity contribution in [3.8, 4) is 11.1 Å². The van der Waals surface area contributed by atoms with Gasteiger partial charge in [0.1, 0.15) is 0 Å².